The maximum absolute atomic E-state index is 11.4. The van der Waals surface area contributed by atoms with Gasteiger partial charge in [0.15, 0.2) is 0 Å². The lowest BCUT2D eigenvalue weighted by Gasteiger charge is -2.02. The van der Waals surface area contributed by atoms with E-state index in [1.165, 1.54) is 11.8 Å². The standard InChI is InChI=1S/C10H11N3OS/c1-6-9(10(14)13-12-6)15-8-5-3-2-4-7(8)11/h2-5H,11H2,1H3,(H2,12,13,14). The number of benzene rings is 1. The molecule has 5 heteroatoms. The lowest BCUT2D eigenvalue weighted by molar-refractivity contribution is 1.02. The fourth-order valence-electron chi connectivity index (χ4n) is 1.24. The number of nitrogens with two attached hydrogens (primary N) is 1. The first-order valence-electron chi connectivity index (χ1n) is 4.48. The van der Waals surface area contributed by atoms with Crippen molar-refractivity contribution in [3.05, 3.63) is 40.3 Å². The fraction of sp³-hybridized carbons (Fsp3) is 0.100. The van der Waals surface area contributed by atoms with E-state index in [1.807, 2.05) is 31.2 Å². The Hall–Kier alpha value is -1.62. The molecule has 0 amide bonds. The highest BCUT2D eigenvalue weighted by atomic mass is 32.2. The van der Waals surface area contributed by atoms with Crippen LogP contribution in [0.2, 0.25) is 0 Å². The summed E-state index contributed by atoms with van der Waals surface area (Å²) in [5.74, 6) is 0. The Morgan fingerprint density at radius 2 is 2.00 bits per heavy atom. The van der Waals surface area contributed by atoms with Crippen molar-refractivity contribution in [3.8, 4) is 0 Å². The van der Waals surface area contributed by atoms with Gasteiger partial charge >= 0.3 is 0 Å². The van der Waals surface area contributed by atoms with E-state index in [9.17, 15) is 4.79 Å². The molecule has 0 fully saturated rings. The summed E-state index contributed by atoms with van der Waals surface area (Å²) in [4.78, 5) is 13.0. The van der Waals surface area contributed by atoms with Crippen molar-refractivity contribution in [2.45, 2.75) is 16.7 Å². The Labute approximate surface area is 90.9 Å². The summed E-state index contributed by atoms with van der Waals surface area (Å²) in [5, 5.41) is 5.31. The number of rotatable bonds is 2. The number of para-hydroxylation sites is 1. The lowest BCUT2D eigenvalue weighted by Crippen LogP contribution is -2.00. The van der Waals surface area contributed by atoms with Crippen molar-refractivity contribution in [1.82, 2.24) is 10.2 Å². The summed E-state index contributed by atoms with van der Waals surface area (Å²) < 4.78 is 0. The average molecular weight is 221 g/mol. The quantitative estimate of drug-likeness (QED) is 0.676. The molecule has 0 bridgehead atoms. The molecule has 0 aliphatic rings. The zero-order valence-corrected chi connectivity index (χ0v) is 9.02. The van der Waals surface area contributed by atoms with Gasteiger partial charge in [-0.3, -0.25) is 9.89 Å². The van der Waals surface area contributed by atoms with Crippen LogP contribution in [0.25, 0.3) is 0 Å². The zero-order chi connectivity index (χ0) is 10.8. The van der Waals surface area contributed by atoms with E-state index in [-0.39, 0.29) is 5.56 Å². The third-order valence-corrected chi connectivity index (χ3v) is 3.33. The van der Waals surface area contributed by atoms with Gasteiger partial charge < -0.3 is 10.8 Å². The average Bonchev–Trinajstić information content (AvgIpc) is 2.53. The maximum Gasteiger partial charge on any atom is 0.278 e. The SMILES string of the molecule is Cc1[nH][nH]c(=O)c1Sc1ccccc1N. The minimum absolute atomic E-state index is 0.110. The number of aryl methyl sites for hydroxylation is 1. The van der Waals surface area contributed by atoms with Gasteiger partial charge in [0.25, 0.3) is 5.56 Å². The minimum Gasteiger partial charge on any atom is -0.398 e. The van der Waals surface area contributed by atoms with E-state index < -0.39 is 0 Å². The largest absolute Gasteiger partial charge is 0.398 e. The predicted octanol–water partition coefficient (Wildman–Crippen LogP) is 1.74. The van der Waals surface area contributed by atoms with E-state index in [4.69, 9.17) is 5.73 Å². The fourth-order valence-corrected chi connectivity index (χ4v) is 2.14. The van der Waals surface area contributed by atoms with Crippen LogP contribution in [-0.2, 0) is 0 Å². The third kappa shape index (κ3) is 1.92. The van der Waals surface area contributed by atoms with Crippen molar-refractivity contribution in [3.63, 3.8) is 0 Å². The molecule has 2 rings (SSSR count). The summed E-state index contributed by atoms with van der Waals surface area (Å²) >= 11 is 1.37. The molecule has 78 valence electrons. The Morgan fingerprint density at radius 3 is 2.60 bits per heavy atom. The molecule has 0 atom stereocenters. The third-order valence-electron chi connectivity index (χ3n) is 2.04. The number of anilines is 1. The Kier molecular flexibility index (Phi) is 2.55. The van der Waals surface area contributed by atoms with Crippen LogP contribution in [0.4, 0.5) is 5.69 Å². The molecule has 0 aliphatic heterocycles. The van der Waals surface area contributed by atoms with Crippen LogP contribution in [0, 0.1) is 6.92 Å². The molecule has 0 unspecified atom stereocenters. The topological polar surface area (TPSA) is 74.7 Å². The molecule has 2 aromatic rings. The van der Waals surface area contributed by atoms with Crippen molar-refractivity contribution < 1.29 is 0 Å². The van der Waals surface area contributed by atoms with E-state index in [2.05, 4.69) is 10.2 Å². The second kappa shape index (κ2) is 3.86. The van der Waals surface area contributed by atoms with Gasteiger partial charge in [-0.1, -0.05) is 23.9 Å². The summed E-state index contributed by atoms with van der Waals surface area (Å²) in [6, 6.07) is 7.48. The highest BCUT2D eigenvalue weighted by Crippen LogP contribution is 2.30. The van der Waals surface area contributed by atoms with Crippen LogP contribution < -0.4 is 11.3 Å². The number of aromatic nitrogens is 2. The molecule has 4 N–H and O–H groups in total. The Bertz CT molecular complexity index is 529. The van der Waals surface area contributed by atoms with Crippen LogP contribution in [-0.4, -0.2) is 10.2 Å². The molecule has 0 spiro atoms. The molecule has 1 aromatic heterocycles. The van der Waals surface area contributed by atoms with Gasteiger partial charge in [-0.2, -0.15) is 0 Å². The summed E-state index contributed by atoms with van der Waals surface area (Å²) in [6.45, 7) is 1.85. The second-order valence-electron chi connectivity index (χ2n) is 3.17. The number of aromatic amines is 2. The van der Waals surface area contributed by atoms with E-state index in [0.29, 0.717) is 10.6 Å². The number of H-pyrrole nitrogens is 2. The molecule has 0 aliphatic carbocycles. The van der Waals surface area contributed by atoms with Crippen LogP contribution in [0.15, 0.2) is 38.9 Å². The summed E-state index contributed by atoms with van der Waals surface area (Å²) in [5.41, 5.74) is 7.19. The van der Waals surface area contributed by atoms with Crippen LogP contribution in [0.3, 0.4) is 0 Å². The van der Waals surface area contributed by atoms with Gasteiger partial charge in [0, 0.05) is 16.3 Å². The molecule has 0 saturated heterocycles. The molecule has 1 heterocycles. The summed E-state index contributed by atoms with van der Waals surface area (Å²) in [6.07, 6.45) is 0. The zero-order valence-electron chi connectivity index (χ0n) is 8.20. The first-order chi connectivity index (χ1) is 7.18. The second-order valence-corrected chi connectivity index (χ2v) is 4.23. The normalized spacial score (nSPS) is 10.5. The van der Waals surface area contributed by atoms with Crippen LogP contribution in [0.5, 0.6) is 0 Å². The van der Waals surface area contributed by atoms with Gasteiger partial charge in [-0.05, 0) is 19.1 Å². The minimum atomic E-state index is -0.110. The number of nitrogens with one attached hydrogen (secondary N) is 2. The first kappa shape index (κ1) is 9.92. The van der Waals surface area contributed by atoms with Gasteiger partial charge in [-0.15, -0.1) is 0 Å². The van der Waals surface area contributed by atoms with E-state index in [1.54, 1.807) is 0 Å². The monoisotopic (exact) mass is 221 g/mol. The highest BCUT2D eigenvalue weighted by molar-refractivity contribution is 7.99. The molecular formula is C10H11N3OS. The van der Waals surface area contributed by atoms with Crippen molar-refractivity contribution in [2.75, 3.05) is 5.73 Å². The lowest BCUT2D eigenvalue weighted by atomic mass is 10.3. The number of hydrogen-bond donors (Lipinski definition) is 3. The van der Waals surface area contributed by atoms with Crippen molar-refractivity contribution >= 4 is 17.4 Å². The number of nitrogen functional groups attached to an aromatic ring is 1. The predicted molar refractivity (Wildman–Crippen MR) is 61.1 cm³/mol. The maximum atomic E-state index is 11.4. The molecule has 0 radical (unpaired) electrons. The molecule has 1 aromatic carbocycles. The van der Waals surface area contributed by atoms with Crippen LogP contribution in [0.1, 0.15) is 5.69 Å². The van der Waals surface area contributed by atoms with Crippen molar-refractivity contribution in [1.29, 1.82) is 0 Å². The molecule has 15 heavy (non-hydrogen) atoms. The molecular weight excluding hydrogens is 210 g/mol. The number of hydrogen-bond acceptors (Lipinski definition) is 3. The Balaban J connectivity index is 2.38. The smallest absolute Gasteiger partial charge is 0.278 e. The molecule has 4 nitrogen and oxygen atoms in total. The van der Waals surface area contributed by atoms with Gasteiger partial charge in [-0.25, -0.2) is 0 Å². The Morgan fingerprint density at radius 1 is 1.27 bits per heavy atom. The van der Waals surface area contributed by atoms with E-state index in [0.717, 1.165) is 10.6 Å². The van der Waals surface area contributed by atoms with Crippen molar-refractivity contribution in [2.24, 2.45) is 0 Å². The highest BCUT2D eigenvalue weighted by Gasteiger charge is 2.09. The van der Waals surface area contributed by atoms with Gasteiger partial charge in [0.05, 0.1) is 4.90 Å². The van der Waals surface area contributed by atoms with Gasteiger partial charge in [0.2, 0.25) is 0 Å². The van der Waals surface area contributed by atoms with E-state index >= 15 is 0 Å². The summed E-state index contributed by atoms with van der Waals surface area (Å²) in [7, 11) is 0. The molecule has 0 saturated carbocycles. The van der Waals surface area contributed by atoms with Gasteiger partial charge in [0.1, 0.15) is 0 Å². The first-order valence-corrected chi connectivity index (χ1v) is 5.29. The van der Waals surface area contributed by atoms with Crippen LogP contribution >= 0.6 is 11.8 Å².